The number of nitrogens with zero attached hydrogens (tertiary/aromatic N) is 3. The van der Waals surface area contributed by atoms with Crippen molar-refractivity contribution in [1.29, 1.82) is 0 Å². The molecule has 2 atom stereocenters. The molecule has 138 valence electrons. The standard InChI is InChI=1S/C19H24N4O2S/c1-13-9-10-15(22(13)2)18-17(14-7-4-5-11-20-14)21-19(26)23(18)12-6-8-16(24)25-3/h4-5,7,9-11,17-18H,6,8,12H2,1-3H3,(H,21,26)/t17-,18-/m1/s1. The molecule has 1 fully saturated rings. The average Bonchev–Trinajstić information content (AvgIpc) is 3.15. The lowest BCUT2D eigenvalue weighted by Gasteiger charge is -2.28. The van der Waals surface area contributed by atoms with Crippen molar-refractivity contribution in [2.45, 2.75) is 31.8 Å². The summed E-state index contributed by atoms with van der Waals surface area (Å²) in [4.78, 5) is 18.1. The lowest BCUT2D eigenvalue weighted by Crippen LogP contribution is -2.31. The van der Waals surface area contributed by atoms with Crippen LogP contribution in [0.25, 0.3) is 0 Å². The van der Waals surface area contributed by atoms with E-state index in [1.165, 1.54) is 18.5 Å². The highest BCUT2D eigenvalue weighted by atomic mass is 32.1. The van der Waals surface area contributed by atoms with Crippen LogP contribution in [0.15, 0.2) is 36.5 Å². The van der Waals surface area contributed by atoms with Crippen molar-refractivity contribution in [1.82, 2.24) is 19.8 Å². The number of pyridine rings is 1. The Morgan fingerprint density at radius 1 is 1.35 bits per heavy atom. The summed E-state index contributed by atoms with van der Waals surface area (Å²) in [5.41, 5.74) is 3.31. The quantitative estimate of drug-likeness (QED) is 0.621. The number of aryl methyl sites for hydroxylation is 1. The fourth-order valence-corrected chi connectivity index (χ4v) is 3.73. The Kier molecular flexibility index (Phi) is 5.56. The zero-order chi connectivity index (χ0) is 18.7. The third-order valence-corrected chi connectivity index (χ3v) is 5.27. The Bertz CT molecular complexity index is 790. The molecular weight excluding hydrogens is 348 g/mol. The number of thiocarbonyl (C=S) groups is 1. The number of ether oxygens (including phenoxy) is 1. The molecular formula is C19H24N4O2S. The second-order valence-corrected chi connectivity index (χ2v) is 6.84. The number of hydrogen-bond donors (Lipinski definition) is 1. The maximum absolute atomic E-state index is 11.5. The van der Waals surface area contributed by atoms with Crippen LogP contribution >= 0.6 is 12.2 Å². The Labute approximate surface area is 159 Å². The fraction of sp³-hybridized carbons (Fsp3) is 0.421. The van der Waals surface area contributed by atoms with E-state index in [4.69, 9.17) is 17.0 Å². The molecule has 3 rings (SSSR count). The van der Waals surface area contributed by atoms with Crippen LogP contribution < -0.4 is 5.32 Å². The molecule has 0 bridgehead atoms. The van der Waals surface area contributed by atoms with Gasteiger partial charge in [0.25, 0.3) is 0 Å². The van der Waals surface area contributed by atoms with E-state index in [0.717, 1.165) is 5.69 Å². The van der Waals surface area contributed by atoms with Gasteiger partial charge in [-0.25, -0.2) is 0 Å². The van der Waals surface area contributed by atoms with E-state index in [2.05, 4.69) is 45.9 Å². The van der Waals surface area contributed by atoms with Crippen molar-refractivity contribution >= 4 is 23.3 Å². The van der Waals surface area contributed by atoms with Crippen LogP contribution in [0, 0.1) is 6.92 Å². The van der Waals surface area contributed by atoms with Gasteiger partial charge in [0.1, 0.15) is 0 Å². The normalized spacial score (nSPS) is 19.5. The van der Waals surface area contributed by atoms with Gasteiger partial charge in [0, 0.05) is 37.6 Å². The predicted molar refractivity (Wildman–Crippen MR) is 104 cm³/mol. The molecule has 0 aliphatic carbocycles. The summed E-state index contributed by atoms with van der Waals surface area (Å²) in [6.07, 6.45) is 2.86. The third-order valence-electron chi connectivity index (χ3n) is 4.92. The summed E-state index contributed by atoms with van der Waals surface area (Å²) >= 11 is 5.61. The Morgan fingerprint density at radius 3 is 2.77 bits per heavy atom. The molecule has 1 aliphatic rings. The monoisotopic (exact) mass is 372 g/mol. The minimum atomic E-state index is -0.199. The van der Waals surface area contributed by atoms with E-state index >= 15 is 0 Å². The minimum Gasteiger partial charge on any atom is -0.469 e. The Balaban J connectivity index is 1.90. The van der Waals surface area contributed by atoms with Crippen LogP contribution in [0.5, 0.6) is 0 Å². The van der Waals surface area contributed by atoms with E-state index in [1.54, 1.807) is 6.20 Å². The first-order valence-corrected chi connectivity index (χ1v) is 9.11. The molecule has 2 aromatic rings. The van der Waals surface area contributed by atoms with Gasteiger partial charge in [0.15, 0.2) is 5.11 Å². The maximum atomic E-state index is 11.5. The molecule has 1 aliphatic heterocycles. The number of aromatic nitrogens is 2. The summed E-state index contributed by atoms with van der Waals surface area (Å²) < 4.78 is 6.93. The van der Waals surface area contributed by atoms with Crippen molar-refractivity contribution in [3.05, 3.63) is 53.6 Å². The van der Waals surface area contributed by atoms with E-state index < -0.39 is 0 Å². The first-order chi connectivity index (χ1) is 12.5. The van der Waals surface area contributed by atoms with Gasteiger partial charge >= 0.3 is 5.97 Å². The van der Waals surface area contributed by atoms with E-state index in [0.29, 0.717) is 24.5 Å². The molecule has 3 heterocycles. The van der Waals surface area contributed by atoms with Crippen molar-refractivity contribution < 1.29 is 9.53 Å². The van der Waals surface area contributed by atoms with Crippen LogP contribution in [-0.2, 0) is 16.6 Å². The highest BCUT2D eigenvalue weighted by Crippen LogP contribution is 2.39. The van der Waals surface area contributed by atoms with Gasteiger partial charge in [-0.05, 0) is 49.8 Å². The minimum absolute atomic E-state index is 0.0220. The summed E-state index contributed by atoms with van der Waals surface area (Å²) in [5, 5.41) is 4.11. The number of methoxy groups -OCH3 is 1. The van der Waals surface area contributed by atoms with Gasteiger partial charge < -0.3 is 19.5 Å². The summed E-state index contributed by atoms with van der Waals surface area (Å²) in [7, 11) is 3.48. The van der Waals surface area contributed by atoms with Crippen molar-refractivity contribution in [2.24, 2.45) is 7.05 Å². The Morgan fingerprint density at radius 2 is 2.15 bits per heavy atom. The van der Waals surface area contributed by atoms with Crippen LogP contribution in [-0.4, -0.2) is 39.2 Å². The topological polar surface area (TPSA) is 59.4 Å². The van der Waals surface area contributed by atoms with E-state index in [-0.39, 0.29) is 18.1 Å². The highest BCUT2D eigenvalue weighted by molar-refractivity contribution is 7.80. The molecule has 0 radical (unpaired) electrons. The fourth-order valence-electron chi connectivity index (χ4n) is 3.39. The molecule has 2 aromatic heterocycles. The molecule has 0 aromatic carbocycles. The average molecular weight is 372 g/mol. The summed E-state index contributed by atoms with van der Waals surface area (Å²) in [6.45, 7) is 2.76. The van der Waals surface area contributed by atoms with Crippen LogP contribution in [0.2, 0.25) is 0 Å². The molecule has 1 saturated heterocycles. The van der Waals surface area contributed by atoms with Crippen molar-refractivity contribution in [3.63, 3.8) is 0 Å². The van der Waals surface area contributed by atoms with Crippen LogP contribution in [0.1, 0.15) is 42.0 Å². The highest BCUT2D eigenvalue weighted by Gasteiger charge is 2.40. The largest absolute Gasteiger partial charge is 0.469 e. The van der Waals surface area contributed by atoms with Crippen LogP contribution in [0.4, 0.5) is 0 Å². The zero-order valence-electron chi connectivity index (χ0n) is 15.3. The van der Waals surface area contributed by atoms with Gasteiger partial charge in [0.2, 0.25) is 0 Å². The number of carbonyl (C=O) groups is 1. The number of carbonyl (C=O) groups excluding carboxylic acids is 1. The van der Waals surface area contributed by atoms with Gasteiger partial charge in [-0.3, -0.25) is 9.78 Å². The van der Waals surface area contributed by atoms with Gasteiger partial charge in [-0.1, -0.05) is 6.07 Å². The maximum Gasteiger partial charge on any atom is 0.305 e. The first kappa shape index (κ1) is 18.4. The predicted octanol–water partition coefficient (Wildman–Crippen LogP) is 2.65. The number of hydrogen-bond acceptors (Lipinski definition) is 4. The van der Waals surface area contributed by atoms with Crippen molar-refractivity contribution in [3.8, 4) is 0 Å². The SMILES string of the molecule is COC(=O)CCCN1C(=S)N[C@H](c2ccccn2)[C@H]1c1ccc(C)n1C. The second kappa shape index (κ2) is 7.86. The van der Waals surface area contributed by atoms with Crippen LogP contribution in [0.3, 0.4) is 0 Å². The van der Waals surface area contributed by atoms with Gasteiger partial charge in [-0.15, -0.1) is 0 Å². The zero-order valence-corrected chi connectivity index (χ0v) is 16.1. The molecule has 7 heteroatoms. The first-order valence-electron chi connectivity index (χ1n) is 8.70. The van der Waals surface area contributed by atoms with Gasteiger partial charge in [0.05, 0.1) is 24.9 Å². The Hall–Kier alpha value is -2.41. The van der Waals surface area contributed by atoms with E-state index in [1.807, 2.05) is 18.2 Å². The van der Waals surface area contributed by atoms with Gasteiger partial charge in [-0.2, -0.15) is 0 Å². The molecule has 0 spiro atoms. The molecule has 26 heavy (non-hydrogen) atoms. The smallest absolute Gasteiger partial charge is 0.305 e. The number of esters is 1. The second-order valence-electron chi connectivity index (χ2n) is 6.46. The number of nitrogens with one attached hydrogen (secondary N) is 1. The molecule has 0 amide bonds. The lowest BCUT2D eigenvalue weighted by molar-refractivity contribution is -0.140. The molecule has 1 N–H and O–H groups in total. The molecule has 0 unspecified atom stereocenters. The lowest BCUT2D eigenvalue weighted by atomic mass is 10.0. The molecule has 0 saturated carbocycles. The van der Waals surface area contributed by atoms with E-state index in [9.17, 15) is 4.79 Å². The van der Waals surface area contributed by atoms with Crippen molar-refractivity contribution in [2.75, 3.05) is 13.7 Å². The third kappa shape index (κ3) is 3.58. The summed E-state index contributed by atoms with van der Waals surface area (Å²) in [5.74, 6) is -0.199. The number of rotatable bonds is 6. The summed E-state index contributed by atoms with van der Waals surface area (Å²) in [6, 6.07) is 10.1. The molecule has 6 nitrogen and oxygen atoms in total.